The molecule has 4 aromatic rings. The van der Waals surface area contributed by atoms with E-state index in [2.05, 4.69) is 34.8 Å². The summed E-state index contributed by atoms with van der Waals surface area (Å²) in [6.07, 6.45) is 2.85. The van der Waals surface area contributed by atoms with Crippen LogP contribution in [0.15, 0.2) is 60.9 Å². The lowest BCUT2D eigenvalue weighted by Crippen LogP contribution is -2.55. The van der Waals surface area contributed by atoms with Gasteiger partial charge in [0.2, 0.25) is 5.91 Å². The van der Waals surface area contributed by atoms with Gasteiger partial charge in [0, 0.05) is 66.2 Å². The molecule has 14 heteroatoms. The minimum absolute atomic E-state index is 0.0118. The zero-order valence-corrected chi connectivity index (χ0v) is 33.3. The number of fused-ring (bicyclic) bond motifs is 1. The summed E-state index contributed by atoms with van der Waals surface area (Å²) >= 11 is 0. The van der Waals surface area contributed by atoms with E-state index in [1.165, 1.54) is 12.1 Å². The van der Waals surface area contributed by atoms with Crippen LogP contribution in [0, 0.1) is 12.7 Å². The van der Waals surface area contributed by atoms with Crippen LogP contribution in [0.5, 0.6) is 11.5 Å². The number of hydrogen-bond acceptors (Lipinski definition) is 8. The standard InChI is InChI=1S/C40H52FN5O7Si/c1-27-24-46(26-51-19-20-54(5,6)7)36-35(27)34(13-14-42-36)52-33-12-11-28(22-31(33)41)23-32(43-39(50)53-40(2,3)4)37(47)45-17-15-44(16-18-45)25-29-9-8-10-30(21-29)38(48)49/h8-14,21-22,24,32H,15-20,23,25-26H2,1-7H3,(H,43,50)(H,48,49)/t32-/m0/s1. The fourth-order valence-corrected chi connectivity index (χ4v) is 7.03. The molecule has 1 saturated heterocycles. The van der Waals surface area contributed by atoms with Crippen molar-refractivity contribution in [3.05, 3.63) is 89.0 Å². The molecular weight excluding hydrogens is 710 g/mol. The Labute approximate surface area is 317 Å². The van der Waals surface area contributed by atoms with E-state index >= 15 is 4.39 Å². The number of piperazine rings is 1. The molecule has 3 heterocycles. The van der Waals surface area contributed by atoms with Crippen LogP contribution in [0.3, 0.4) is 0 Å². The van der Waals surface area contributed by atoms with Gasteiger partial charge in [-0.05, 0) is 80.8 Å². The number of carbonyl (C=O) groups is 3. The van der Waals surface area contributed by atoms with Crippen LogP contribution < -0.4 is 10.1 Å². The van der Waals surface area contributed by atoms with Gasteiger partial charge in [-0.3, -0.25) is 9.69 Å². The van der Waals surface area contributed by atoms with Crippen LogP contribution in [0.4, 0.5) is 9.18 Å². The Morgan fingerprint density at radius 1 is 1.00 bits per heavy atom. The van der Waals surface area contributed by atoms with Crippen molar-refractivity contribution in [3.63, 3.8) is 0 Å². The number of pyridine rings is 1. The summed E-state index contributed by atoms with van der Waals surface area (Å²) in [5.74, 6) is -1.44. The van der Waals surface area contributed by atoms with Crippen molar-refractivity contribution in [1.29, 1.82) is 0 Å². The van der Waals surface area contributed by atoms with Gasteiger partial charge in [0.25, 0.3) is 0 Å². The minimum atomic E-state index is -1.23. The number of halogens is 1. The molecule has 0 radical (unpaired) electrons. The lowest BCUT2D eigenvalue weighted by atomic mass is 10.0. The van der Waals surface area contributed by atoms with E-state index in [1.54, 1.807) is 62.2 Å². The number of carboxylic acid groups (broad SMARTS) is 1. The van der Waals surface area contributed by atoms with E-state index in [1.807, 2.05) is 23.8 Å². The van der Waals surface area contributed by atoms with Crippen molar-refractivity contribution in [2.75, 3.05) is 32.8 Å². The molecule has 1 atom stereocenters. The lowest BCUT2D eigenvalue weighted by Gasteiger charge is -2.36. The molecule has 2 N–H and O–H groups in total. The first-order chi connectivity index (χ1) is 25.5. The van der Waals surface area contributed by atoms with Gasteiger partial charge in [-0.2, -0.15) is 0 Å². The summed E-state index contributed by atoms with van der Waals surface area (Å²) in [5.41, 5.74) is 2.39. The number of rotatable bonds is 14. The van der Waals surface area contributed by atoms with Gasteiger partial charge in [-0.25, -0.2) is 19.0 Å². The molecule has 1 aliphatic rings. The number of ether oxygens (including phenoxy) is 3. The second-order valence-corrected chi connectivity index (χ2v) is 21.6. The van der Waals surface area contributed by atoms with Crippen molar-refractivity contribution in [3.8, 4) is 11.5 Å². The van der Waals surface area contributed by atoms with Gasteiger partial charge < -0.3 is 34.1 Å². The Hall–Kier alpha value is -4.79. The van der Waals surface area contributed by atoms with Crippen LogP contribution in [0.25, 0.3) is 11.0 Å². The van der Waals surface area contributed by atoms with Gasteiger partial charge in [-0.15, -0.1) is 0 Å². The number of alkyl carbamates (subject to hydrolysis) is 1. The van der Waals surface area contributed by atoms with Crippen LogP contribution >= 0.6 is 0 Å². The summed E-state index contributed by atoms with van der Waals surface area (Å²) in [7, 11) is -1.23. The number of nitrogens with one attached hydrogen (secondary N) is 1. The third-order valence-corrected chi connectivity index (χ3v) is 10.7. The Morgan fingerprint density at radius 2 is 1.74 bits per heavy atom. The summed E-state index contributed by atoms with van der Waals surface area (Å²) in [6, 6.07) is 13.1. The maximum absolute atomic E-state index is 15.7. The second kappa shape index (κ2) is 17.1. The van der Waals surface area contributed by atoms with Gasteiger partial charge >= 0.3 is 12.1 Å². The molecule has 2 amide bonds. The smallest absolute Gasteiger partial charge is 0.408 e. The van der Waals surface area contributed by atoms with Crippen molar-refractivity contribution in [1.82, 2.24) is 24.7 Å². The molecular formula is C40H52FN5O7Si. The molecule has 2 aromatic heterocycles. The van der Waals surface area contributed by atoms with E-state index in [9.17, 15) is 19.5 Å². The largest absolute Gasteiger partial charge is 0.478 e. The molecule has 2 aromatic carbocycles. The fraction of sp³-hybridized carbons (Fsp3) is 0.450. The highest BCUT2D eigenvalue weighted by Crippen LogP contribution is 2.34. The number of aromatic nitrogens is 2. The molecule has 12 nitrogen and oxygen atoms in total. The predicted octanol–water partition coefficient (Wildman–Crippen LogP) is 7.07. The van der Waals surface area contributed by atoms with Crippen molar-refractivity contribution < 1.29 is 38.1 Å². The van der Waals surface area contributed by atoms with E-state index in [0.717, 1.165) is 22.6 Å². The first-order valence-corrected chi connectivity index (χ1v) is 22.0. The highest BCUT2D eigenvalue weighted by molar-refractivity contribution is 6.76. The number of amides is 2. The van der Waals surface area contributed by atoms with Crippen molar-refractivity contribution in [2.45, 2.75) is 84.7 Å². The second-order valence-electron chi connectivity index (χ2n) is 16.0. The number of benzene rings is 2. The molecule has 0 spiro atoms. The average Bonchev–Trinajstić information content (AvgIpc) is 3.42. The van der Waals surface area contributed by atoms with E-state index in [4.69, 9.17) is 14.2 Å². The highest BCUT2D eigenvalue weighted by atomic mass is 28.3. The molecule has 0 unspecified atom stereocenters. The summed E-state index contributed by atoms with van der Waals surface area (Å²) < 4.78 is 35.2. The first-order valence-electron chi connectivity index (χ1n) is 18.3. The van der Waals surface area contributed by atoms with E-state index < -0.39 is 37.6 Å². The van der Waals surface area contributed by atoms with Crippen molar-refractivity contribution >= 4 is 37.1 Å². The molecule has 0 aliphatic carbocycles. The number of aromatic carboxylic acids is 1. The highest BCUT2D eigenvalue weighted by Gasteiger charge is 2.31. The van der Waals surface area contributed by atoms with Crippen LogP contribution in [-0.4, -0.2) is 94.9 Å². The minimum Gasteiger partial charge on any atom is -0.478 e. The summed E-state index contributed by atoms with van der Waals surface area (Å²) in [4.78, 5) is 46.6. The molecule has 290 valence electrons. The SMILES string of the molecule is Cc1cn(COCC[Si](C)(C)C)c2nccc(Oc3ccc(C[C@H](NC(=O)OC(C)(C)C)C(=O)N4CCN(Cc5cccc(C(=O)O)c5)CC4)cc3F)c12. The number of aryl methyl sites for hydroxylation is 1. The molecule has 5 rings (SSSR count). The number of carbonyl (C=O) groups excluding carboxylic acids is 2. The normalized spacial score (nSPS) is 14.6. The third kappa shape index (κ3) is 11.1. The maximum Gasteiger partial charge on any atom is 0.408 e. The monoisotopic (exact) mass is 761 g/mol. The first kappa shape index (κ1) is 40.4. The molecule has 1 fully saturated rings. The molecule has 0 saturated carbocycles. The average molecular weight is 762 g/mol. The van der Waals surface area contributed by atoms with Crippen molar-refractivity contribution in [2.24, 2.45) is 0 Å². The molecule has 1 aliphatic heterocycles. The number of hydrogen-bond donors (Lipinski definition) is 2. The Balaban J connectivity index is 1.27. The predicted molar refractivity (Wildman–Crippen MR) is 207 cm³/mol. The van der Waals surface area contributed by atoms with Crippen LogP contribution in [-0.2, 0) is 34.0 Å². The van der Waals surface area contributed by atoms with E-state index in [0.29, 0.717) is 63.0 Å². The number of carboxylic acids is 1. The zero-order valence-electron chi connectivity index (χ0n) is 32.3. The van der Waals surface area contributed by atoms with Gasteiger partial charge in [0.05, 0.1) is 10.9 Å². The fourth-order valence-electron chi connectivity index (χ4n) is 6.27. The van der Waals surface area contributed by atoms with Crippen LogP contribution in [0.1, 0.15) is 47.8 Å². The summed E-state index contributed by atoms with van der Waals surface area (Å²) in [6.45, 7) is 17.5. The Bertz CT molecular complexity index is 1960. The Kier molecular flexibility index (Phi) is 12.8. The van der Waals surface area contributed by atoms with Crippen LogP contribution in [0.2, 0.25) is 25.7 Å². The molecule has 54 heavy (non-hydrogen) atoms. The van der Waals surface area contributed by atoms with Gasteiger partial charge in [0.1, 0.15) is 29.8 Å². The maximum atomic E-state index is 15.7. The molecule has 0 bridgehead atoms. The van der Waals surface area contributed by atoms with Gasteiger partial charge in [-0.1, -0.05) is 37.8 Å². The number of nitrogens with zero attached hydrogens (tertiary/aromatic N) is 4. The van der Waals surface area contributed by atoms with E-state index in [-0.39, 0.29) is 23.6 Å². The Morgan fingerprint density at radius 3 is 2.41 bits per heavy atom. The lowest BCUT2D eigenvalue weighted by molar-refractivity contribution is -0.135. The third-order valence-electron chi connectivity index (χ3n) is 9.04. The van der Waals surface area contributed by atoms with Gasteiger partial charge in [0.15, 0.2) is 11.6 Å². The quantitative estimate of drug-likeness (QED) is 0.102. The topological polar surface area (TPSA) is 135 Å². The summed E-state index contributed by atoms with van der Waals surface area (Å²) in [5, 5.41) is 12.8. The zero-order chi connectivity index (χ0) is 39.2.